The van der Waals surface area contributed by atoms with Gasteiger partial charge in [0.1, 0.15) is 17.4 Å². The van der Waals surface area contributed by atoms with Crippen molar-refractivity contribution in [3.63, 3.8) is 0 Å². The number of aromatic amines is 1. The second-order valence-electron chi connectivity index (χ2n) is 6.77. The maximum absolute atomic E-state index is 12.3. The van der Waals surface area contributed by atoms with Gasteiger partial charge in [0, 0.05) is 29.9 Å². The number of rotatable bonds is 8. The Hall–Kier alpha value is -3.69. The van der Waals surface area contributed by atoms with E-state index in [-0.39, 0.29) is 30.8 Å². The molecule has 3 rings (SSSR count). The first-order valence-electron chi connectivity index (χ1n) is 9.03. The van der Waals surface area contributed by atoms with E-state index < -0.39 is 22.8 Å². The van der Waals surface area contributed by atoms with Crippen molar-refractivity contribution in [1.29, 1.82) is 0 Å². The summed E-state index contributed by atoms with van der Waals surface area (Å²) in [6, 6.07) is 6.43. The van der Waals surface area contributed by atoms with Crippen LogP contribution in [0.5, 0.6) is 0 Å². The molecule has 0 saturated carbocycles. The minimum Gasteiger partial charge on any atom is -0.480 e. The Bertz CT molecular complexity index is 1080. The molecule has 3 aromatic rings. The summed E-state index contributed by atoms with van der Waals surface area (Å²) in [7, 11) is 0. The smallest absolute Gasteiger partial charge is 0.326 e. The van der Waals surface area contributed by atoms with Gasteiger partial charge in [0.15, 0.2) is 0 Å². The third kappa shape index (κ3) is 4.26. The fourth-order valence-electron chi connectivity index (χ4n) is 3.36. The van der Waals surface area contributed by atoms with Crippen LogP contribution < -0.4 is 5.32 Å². The number of nitrogens with zero attached hydrogens (tertiary/aromatic N) is 3. The first-order valence-corrected chi connectivity index (χ1v) is 9.03. The molecule has 1 atom stereocenters. The number of aromatic nitrogens is 3. The molecule has 1 aromatic carbocycles. The van der Waals surface area contributed by atoms with E-state index in [4.69, 9.17) is 0 Å². The monoisotopic (exact) mass is 399 g/mol. The number of fused-ring (bicyclic) bond motifs is 1. The summed E-state index contributed by atoms with van der Waals surface area (Å²) in [5.41, 5.74) is 2.24. The van der Waals surface area contributed by atoms with Gasteiger partial charge in [-0.1, -0.05) is 18.2 Å². The van der Waals surface area contributed by atoms with Crippen LogP contribution in [0.15, 0.2) is 30.5 Å². The molecule has 10 nitrogen and oxygen atoms in total. The average Bonchev–Trinajstić information content (AvgIpc) is 3.19. The van der Waals surface area contributed by atoms with E-state index in [0.717, 1.165) is 16.5 Å². The SMILES string of the molecule is Cc1nn(CCC(=O)NC(Cc2c[nH]c3ccccc23)C(=O)O)c(C)c1[N+](=O)[O-]. The van der Waals surface area contributed by atoms with Gasteiger partial charge in [0.2, 0.25) is 5.91 Å². The molecular weight excluding hydrogens is 378 g/mol. The van der Waals surface area contributed by atoms with Gasteiger partial charge in [0.25, 0.3) is 0 Å². The average molecular weight is 399 g/mol. The highest BCUT2D eigenvalue weighted by Gasteiger charge is 2.24. The van der Waals surface area contributed by atoms with Crippen molar-refractivity contribution in [2.24, 2.45) is 0 Å². The molecule has 0 bridgehead atoms. The minimum atomic E-state index is -1.13. The Morgan fingerprint density at radius 3 is 2.72 bits per heavy atom. The van der Waals surface area contributed by atoms with Crippen molar-refractivity contribution in [3.05, 3.63) is 57.5 Å². The van der Waals surface area contributed by atoms with Gasteiger partial charge in [-0.2, -0.15) is 5.10 Å². The zero-order chi connectivity index (χ0) is 21.1. The number of nitro groups is 1. The topological polar surface area (TPSA) is 143 Å². The Morgan fingerprint density at radius 2 is 2.07 bits per heavy atom. The van der Waals surface area contributed by atoms with E-state index >= 15 is 0 Å². The summed E-state index contributed by atoms with van der Waals surface area (Å²) in [4.78, 5) is 37.6. The van der Waals surface area contributed by atoms with E-state index in [1.165, 1.54) is 11.6 Å². The molecule has 0 aliphatic heterocycles. The molecule has 1 amide bonds. The molecule has 3 N–H and O–H groups in total. The Morgan fingerprint density at radius 1 is 1.34 bits per heavy atom. The van der Waals surface area contributed by atoms with Crippen LogP contribution in [0.25, 0.3) is 10.9 Å². The van der Waals surface area contributed by atoms with Crippen LogP contribution >= 0.6 is 0 Å². The standard InChI is InChI=1S/C19H21N5O5/c1-11-18(24(28)29)12(2)23(22-11)8-7-17(25)21-16(19(26)27)9-13-10-20-15-6-4-3-5-14(13)15/h3-6,10,16,20H,7-9H2,1-2H3,(H,21,25)(H,26,27). The number of H-pyrrole nitrogens is 1. The van der Waals surface area contributed by atoms with Crippen molar-refractivity contribution in [2.75, 3.05) is 0 Å². The van der Waals surface area contributed by atoms with Crippen LogP contribution in [-0.2, 0) is 22.6 Å². The molecular formula is C19H21N5O5. The van der Waals surface area contributed by atoms with Gasteiger partial charge < -0.3 is 15.4 Å². The molecule has 0 aliphatic carbocycles. The van der Waals surface area contributed by atoms with E-state index in [1.54, 1.807) is 13.1 Å². The zero-order valence-electron chi connectivity index (χ0n) is 16.0. The summed E-state index contributed by atoms with van der Waals surface area (Å²) in [6.07, 6.45) is 1.83. The van der Waals surface area contributed by atoms with Crippen molar-refractivity contribution in [1.82, 2.24) is 20.1 Å². The molecule has 2 heterocycles. The molecule has 10 heteroatoms. The largest absolute Gasteiger partial charge is 0.480 e. The number of carbonyl (C=O) groups excluding carboxylic acids is 1. The zero-order valence-corrected chi connectivity index (χ0v) is 16.0. The molecule has 0 radical (unpaired) electrons. The highest BCUT2D eigenvalue weighted by atomic mass is 16.6. The number of benzene rings is 1. The molecule has 29 heavy (non-hydrogen) atoms. The van der Waals surface area contributed by atoms with E-state index in [2.05, 4.69) is 15.4 Å². The van der Waals surface area contributed by atoms with Gasteiger partial charge in [-0.15, -0.1) is 0 Å². The number of hydrogen-bond donors (Lipinski definition) is 3. The molecule has 0 fully saturated rings. The van der Waals surface area contributed by atoms with Crippen molar-refractivity contribution >= 4 is 28.5 Å². The summed E-state index contributed by atoms with van der Waals surface area (Å²) in [5.74, 6) is -1.60. The van der Waals surface area contributed by atoms with E-state index in [0.29, 0.717) is 5.69 Å². The van der Waals surface area contributed by atoms with Gasteiger partial charge >= 0.3 is 11.7 Å². The number of aliphatic carboxylic acids is 1. The molecule has 0 aliphatic rings. The number of hydrogen-bond acceptors (Lipinski definition) is 5. The predicted molar refractivity (Wildman–Crippen MR) is 105 cm³/mol. The number of aryl methyl sites for hydroxylation is 2. The van der Waals surface area contributed by atoms with Crippen LogP contribution in [-0.4, -0.2) is 42.7 Å². The summed E-state index contributed by atoms with van der Waals surface area (Å²) < 4.78 is 1.39. The van der Waals surface area contributed by atoms with Crippen LogP contribution in [0.2, 0.25) is 0 Å². The maximum Gasteiger partial charge on any atom is 0.326 e. The van der Waals surface area contributed by atoms with Gasteiger partial charge in [-0.05, 0) is 25.5 Å². The molecule has 1 unspecified atom stereocenters. The lowest BCUT2D eigenvalue weighted by atomic mass is 10.0. The van der Waals surface area contributed by atoms with Gasteiger partial charge in [-0.3, -0.25) is 19.6 Å². The first kappa shape index (κ1) is 20.1. The molecule has 2 aromatic heterocycles. The summed E-state index contributed by atoms with van der Waals surface area (Å²) in [6.45, 7) is 3.21. The summed E-state index contributed by atoms with van der Waals surface area (Å²) in [5, 5.41) is 28.1. The lowest BCUT2D eigenvalue weighted by Gasteiger charge is -2.14. The third-order valence-electron chi connectivity index (χ3n) is 4.81. The predicted octanol–water partition coefficient (Wildman–Crippen LogP) is 2.09. The van der Waals surface area contributed by atoms with Crippen LogP contribution in [0.4, 0.5) is 5.69 Å². The Kier molecular flexibility index (Phi) is 5.62. The molecule has 0 saturated heterocycles. The number of carbonyl (C=O) groups is 2. The fraction of sp³-hybridized carbons (Fsp3) is 0.316. The Labute approximate surface area is 165 Å². The minimum absolute atomic E-state index is 0.0449. The van der Waals surface area contributed by atoms with Gasteiger partial charge in [0.05, 0.1) is 11.5 Å². The second kappa shape index (κ2) is 8.13. The van der Waals surface area contributed by atoms with Crippen molar-refractivity contribution < 1.29 is 19.6 Å². The normalized spacial score (nSPS) is 12.1. The number of amides is 1. The highest BCUT2D eigenvalue weighted by Crippen LogP contribution is 2.22. The van der Waals surface area contributed by atoms with Crippen LogP contribution in [0.3, 0.4) is 0 Å². The molecule has 152 valence electrons. The van der Waals surface area contributed by atoms with Crippen LogP contribution in [0, 0.1) is 24.0 Å². The maximum atomic E-state index is 12.3. The Balaban J connectivity index is 1.65. The van der Waals surface area contributed by atoms with Crippen LogP contribution in [0.1, 0.15) is 23.4 Å². The fourth-order valence-corrected chi connectivity index (χ4v) is 3.36. The lowest BCUT2D eigenvalue weighted by molar-refractivity contribution is -0.386. The summed E-state index contributed by atoms with van der Waals surface area (Å²) >= 11 is 0. The number of carboxylic acids is 1. The number of carboxylic acid groups (broad SMARTS) is 1. The highest BCUT2D eigenvalue weighted by molar-refractivity contribution is 5.86. The van der Waals surface area contributed by atoms with Crippen molar-refractivity contribution in [3.8, 4) is 0 Å². The number of para-hydroxylation sites is 1. The van der Waals surface area contributed by atoms with Crippen molar-refractivity contribution in [2.45, 2.75) is 39.3 Å². The third-order valence-corrected chi connectivity index (χ3v) is 4.81. The first-order chi connectivity index (χ1) is 13.8. The molecule has 0 spiro atoms. The second-order valence-corrected chi connectivity index (χ2v) is 6.77. The lowest BCUT2D eigenvalue weighted by Crippen LogP contribution is -2.42. The van der Waals surface area contributed by atoms with E-state index in [9.17, 15) is 24.8 Å². The van der Waals surface area contributed by atoms with E-state index in [1.807, 2.05) is 24.3 Å². The van der Waals surface area contributed by atoms with Gasteiger partial charge in [-0.25, -0.2) is 4.79 Å². The number of nitrogens with one attached hydrogen (secondary N) is 2. The quantitative estimate of drug-likeness (QED) is 0.391.